The first-order valence-electron chi connectivity index (χ1n) is 22.4. The summed E-state index contributed by atoms with van der Waals surface area (Å²) >= 11 is 0. The second-order valence-electron chi connectivity index (χ2n) is 12.5. The van der Waals surface area contributed by atoms with Crippen molar-refractivity contribution in [1.29, 1.82) is 0 Å². The van der Waals surface area contributed by atoms with Gasteiger partial charge in [0.1, 0.15) is 11.2 Å². The van der Waals surface area contributed by atoms with Gasteiger partial charge in [0.05, 0.1) is 20.8 Å². The van der Waals surface area contributed by atoms with E-state index in [1.807, 2.05) is 97.1 Å². The van der Waals surface area contributed by atoms with Gasteiger partial charge in [-0.25, -0.2) is 0 Å². The van der Waals surface area contributed by atoms with Crippen LogP contribution in [-0.2, 0) is 0 Å². The molecule has 0 saturated heterocycles. The monoisotopic (exact) mass is 674 g/mol. The maximum Gasteiger partial charge on any atom is 0.143 e. The second kappa shape index (κ2) is 12.5. The summed E-state index contributed by atoms with van der Waals surface area (Å²) in [7, 11) is 0. The average molecular weight is 675 g/mol. The van der Waals surface area contributed by atoms with Gasteiger partial charge in [-0.2, -0.15) is 0 Å². The Balaban J connectivity index is 1.21. The predicted octanol–water partition coefficient (Wildman–Crippen LogP) is 14.4. The summed E-state index contributed by atoms with van der Waals surface area (Å²) in [5, 5.41) is 3.24. The number of fused-ring (bicyclic) bond motifs is 6. The lowest BCUT2D eigenvalue weighted by atomic mass is 9.97. The number of nitrogens with zero attached hydrogens (tertiary/aromatic N) is 1. The van der Waals surface area contributed by atoms with Crippen molar-refractivity contribution in [3.63, 3.8) is 0 Å². The number of rotatable bonds is 6. The minimum Gasteiger partial charge on any atom is -0.455 e. The standard InChI is InChI=1S/C50H33NO/c1-2-10-34(11-3-1)35-20-22-36(23-21-35)37-24-29-41(30-25-37)51(47-18-8-14-38-12-4-6-15-43(38)47)42-31-26-40(27-32-42)44-17-9-19-48-49(44)46-33-28-39-13-5-7-16-45(39)50(46)52-48/h1-33H/i4D,6D,8D,12D,14D,15D,18D,24D,25D,29D,30D. The molecule has 10 rings (SSSR count). The summed E-state index contributed by atoms with van der Waals surface area (Å²) in [4.78, 5) is 1.26. The van der Waals surface area contributed by atoms with Crippen molar-refractivity contribution in [2.45, 2.75) is 0 Å². The molecule has 0 aliphatic carbocycles. The third-order valence-corrected chi connectivity index (χ3v) is 9.46. The van der Waals surface area contributed by atoms with Gasteiger partial charge in [0.25, 0.3) is 0 Å². The summed E-state index contributed by atoms with van der Waals surface area (Å²) < 4.78 is 106. The third kappa shape index (κ3) is 5.12. The summed E-state index contributed by atoms with van der Waals surface area (Å²) in [5.41, 5.74) is 5.00. The van der Waals surface area contributed by atoms with Crippen LogP contribution in [0.3, 0.4) is 0 Å². The zero-order valence-corrected chi connectivity index (χ0v) is 27.6. The fourth-order valence-electron chi connectivity index (χ4n) is 6.94. The van der Waals surface area contributed by atoms with Gasteiger partial charge in [-0.3, -0.25) is 0 Å². The zero-order chi connectivity index (χ0) is 44.0. The second-order valence-corrected chi connectivity index (χ2v) is 12.5. The number of furan rings is 1. The van der Waals surface area contributed by atoms with Crippen LogP contribution in [0.1, 0.15) is 15.1 Å². The van der Waals surface area contributed by atoms with Crippen molar-refractivity contribution in [3.05, 3.63) is 200 Å². The van der Waals surface area contributed by atoms with E-state index >= 15 is 0 Å². The van der Waals surface area contributed by atoms with E-state index in [0.717, 1.165) is 49.4 Å². The largest absolute Gasteiger partial charge is 0.455 e. The van der Waals surface area contributed by atoms with Crippen LogP contribution in [0.4, 0.5) is 17.1 Å². The van der Waals surface area contributed by atoms with Crippen molar-refractivity contribution in [3.8, 4) is 33.4 Å². The van der Waals surface area contributed by atoms with E-state index in [0.29, 0.717) is 11.1 Å². The van der Waals surface area contributed by atoms with Gasteiger partial charge in [0.15, 0.2) is 0 Å². The Labute approximate surface area is 317 Å². The zero-order valence-electron chi connectivity index (χ0n) is 38.6. The number of benzene rings is 9. The first-order valence-corrected chi connectivity index (χ1v) is 16.9. The lowest BCUT2D eigenvalue weighted by Gasteiger charge is -2.27. The quantitative estimate of drug-likeness (QED) is 0.175. The summed E-state index contributed by atoms with van der Waals surface area (Å²) in [6, 6.07) is 35.7. The highest BCUT2D eigenvalue weighted by Crippen LogP contribution is 2.43. The number of anilines is 3. The highest BCUT2D eigenvalue weighted by molar-refractivity contribution is 6.19. The van der Waals surface area contributed by atoms with Crippen LogP contribution in [-0.4, -0.2) is 0 Å². The predicted molar refractivity (Wildman–Crippen MR) is 220 cm³/mol. The van der Waals surface area contributed by atoms with E-state index < -0.39 is 54.4 Å². The molecule has 0 spiro atoms. The number of hydrogen-bond donors (Lipinski definition) is 0. The lowest BCUT2D eigenvalue weighted by molar-refractivity contribution is 0.673. The Morgan fingerprint density at radius 2 is 1.10 bits per heavy atom. The van der Waals surface area contributed by atoms with E-state index in [1.54, 1.807) is 36.4 Å². The molecule has 10 aromatic rings. The molecule has 244 valence electrons. The highest BCUT2D eigenvalue weighted by Gasteiger charge is 2.18. The number of hydrogen-bond acceptors (Lipinski definition) is 2. The molecule has 0 radical (unpaired) electrons. The van der Waals surface area contributed by atoms with Crippen LogP contribution in [0.2, 0.25) is 0 Å². The fraction of sp³-hybridized carbons (Fsp3) is 0. The fourth-order valence-corrected chi connectivity index (χ4v) is 6.94. The van der Waals surface area contributed by atoms with Crippen molar-refractivity contribution >= 4 is 60.5 Å². The minimum atomic E-state index is -0.638. The van der Waals surface area contributed by atoms with E-state index in [2.05, 4.69) is 0 Å². The molecular weight excluding hydrogens is 631 g/mol. The summed E-state index contributed by atoms with van der Waals surface area (Å²) in [6.45, 7) is 0. The normalized spacial score (nSPS) is 14.4. The van der Waals surface area contributed by atoms with E-state index in [4.69, 9.17) is 12.6 Å². The van der Waals surface area contributed by atoms with Crippen LogP contribution in [0.5, 0.6) is 0 Å². The van der Waals surface area contributed by atoms with Crippen molar-refractivity contribution < 1.29 is 19.5 Å². The van der Waals surface area contributed by atoms with Crippen LogP contribution in [0, 0.1) is 0 Å². The first-order chi connectivity index (χ1) is 30.4. The molecule has 0 aliphatic heterocycles. The Morgan fingerprint density at radius 3 is 1.92 bits per heavy atom. The van der Waals surface area contributed by atoms with Gasteiger partial charge in [-0.05, 0) is 86.5 Å². The molecule has 2 heteroatoms. The Bertz CT molecular complexity index is 3480. The maximum absolute atomic E-state index is 9.52. The molecule has 52 heavy (non-hydrogen) atoms. The molecular formula is C50H33NO. The maximum atomic E-state index is 9.52. The Hall–Kier alpha value is -6.90. The molecule has 0 bridgehead atoms. The van der Waals surface area contributed by atoms with Gasteiger partial charge < -0.3 is 9.32 Å². The van der Waals surface area contributed by atoms with E-state index in [9.17, 15) is 6.85 Å². The molecule has 9 aromatic carbocycles. The SMILES string of the molecule is [2H]c1c([2H])c(N(c2ccc(-c3cccc4oc5c6ccccc6ccc5c34)cc2)c2c([2H])c([2H])c([2H])c3c([2H])c([2H])c([2H])c([2H])c23)c([2H])c([2H])c1-c1ccc(-c2ccccc2)cc1. The van der Waals surface area contributed by atoms with Gasteiger partial charge in [-0.1, -0.05) is 158 Å². The minimum absolute atomic E-state index is 0.0393. The van der Waals surface area contributed by atoms with Crippen LogP contribution in [0.15, 0.2) is 204 Å². The Morgan fingerprint density at radius 1 is 0.404 bits per heavy atom. The lowest BCUT2D eigenvalue weighted by Crippen LogP contribution is -2.10. The molecule has 0 N–H and O–H groups in total. The van der Waals surface area contributed by atoms with Crippen molar-refractivity contribution in [2.24, 2.45) is 0 Å². The van der Waals surface area contributed by atoms with Gasteiger partial charge in [-0.15, -0.1) is 0 Å². The van der Waals surface area contributed by atoms with E-state index in [1.165, 1.54) is 4.90 Å². The first kappa shape index (κ1) is 20.7. The van der Waals surface area contributed by atoms with Crippen LogP contribution < -0.4 is 4.90 Å². The molecule has 0 unspecified atom stereocenters. The van der Waals surface area contributed by atoms with Crippen molar-refractivity contribution in [1.82, 2.24) is 0 Å². The Kier molecular flexibility index (Phi) is 4.96. The molecule has 0 amide bonds. The van der Waals surface area contributed by atoms with Crippen molar-refractivity contribution in [2.75, 3.05) is 4.90 Å². The molecule has 1 heterocycles. The third-order valence-electron chi connectivity index (χ3n) is 9.46. The molecule has 1 aromatic heterocycles. The molecule has 0 fully saturated rings. The van der Waals surface area contributed by atoms with Gasteiger partial charge >= 0.3 is 0 Å². The smallest absolute Gasteiger partial charge is 0.143 e. The van der Waals surface area contributed by atoms with Gasteiger partial charge in [0.2, 0.25) is 0 Å². The summed E-state index contributed by atoms with van der Waals surface area (Å²) in [5.74, 6) is 0. The van der Waals surface area contributed by atoms with Gasteiger partial charge in [0, 0.05) is 32.9 Å². The van der Waals surface area contributed by atoms with Crippen LogP contribution >= 0.6 is 0 Å². The summed E-state index contributed by atoms with van der Waals surface area (Å²) in [6.07, 6.45) is 0. The highest BCUT2D eigenvalue weighted by atomic mass is 16.3. The molecule has 0 saturated carbocycles. The van der Waals surface area contributed by atoms with E-state index in [-0.39, 0.29) is 45.5 Å². The van der Waals surface area contributed by atoms with Crippen LogP contribution in [0.25, 0.3) is 76.9 Å². The topological polar surface area (TPSA) is 16.4 Å². The molecule has 0 aliphatic rings. The molecule has 0 atom stereocenters. The molecule has 2 nitrogen and oxygen atoms in total. The average Bonchev–Trinajstić information content (AvgIpc) is 3.71.